The van der Waals surface area contributed by atoms with Gasteiger partial charge in [-0.2, -0.15) is 5.10 Å². The molecule has 2 N–H and O–H groups in total. The second-order valence-electron chi connectivity index (χ2n) is 8.23. The first-order valence-electron chi connectivity index (χ1n) is 10.7. The van der Waals surface area contributed by atoms with Crippen LogP contribution < -0.4 is 4.90 Å². The molecule has 5 heterocycles. The van der Waals surface area contributed by atoms with Crippen LogP contribution in [0.5, 0.6) is 0 Å². The number of benzene rings is 1. The molecule has 5 aromatic heterocycles. The molecule has 0 aliphatic rings. The fourth-order valence-electron chi connectivity index (χ4n) is 4.17. The predicted molar refractivity (Wildman–Crippen MR) is 132 cm³/mol. The minimum absolute atomic E-state index is 0.875. The largest absolute Gasteiger partial charge is 0.376 e. The number of anilines is 1. The zero-order valence-corrected chi connectivity index (χ0v) is 18.2. The maximum absolute atomic E-state index is 4.63. The summed E-state index contributed by atoms with van der Waals surface area (Å²) < 4.78 is 0. The Kier molecular flexibility index (Phi) is 4.40. The number of hydrogen-bond acceptors (Lipinski definition) is 5. The smallest absolute Gasteiger partial charge is 0.116 e. The summed E-state index contributed by atoms with van der Waals surface area (Å²) >= 11 is 0. The van der Waals surface area contributed by atoms with Crippen LogP contribution in [-0.2, 0) is 0 Å². The van der Waals surface area contributed by atoms with Crippen LogP contribution in [0.1, 0.15) is 0 Å². The van der Waals surface area contributed by atoms with Crippen molar-refractivity contribution in [1.82, 2.24) is 30.1 Å². The van der Waals surface area contributed by atoms with E-state index < -0.39 is 0 Å². The Morgan fingerprint density at radius 1 is 0.697 bits per heavy atom. The van der Waals surface area contributed by atoms with Gasteiger partial charge in [-0.15, -0.1) is 0 Å². The number of pyridine rings is 3. The van der Waals surface area contributed by atoms with Gasteiger partial charge in [0.25, 0.3) is 0 Å². The molecule has 0 unspecified atom stereocenters. The molecular weight excluding hydrogens is 410 g/mol. The van der Waals surface area contributed by atoms with Gasteiger partial charge in [-0.05, 0) is 47.5 Å². The highest BCUT2D eigenvalue weighted by Gasteiger charge is 2.15. The monoisotopic (exact) mass is 431 g/mol. The highest BCUT2D eigenvalue weighted by atomic mass is 15.1. The number of H-pyrrole nitrogens is 2. The highest BCUT2D eigenvalue weighted by Crippen LogP contribution is 2.35. The van der Waals surface area contributed by atoms with Gasteiger partial charge in [0.2, 0.25) is 0 Å². The van der Waals surface area contributed by atoms with Crippen molar-refractivity contribution in [3.8, 4) is 33.6 Å². The van der Waals surface area contributed by atoms with Crippen LogP contribution >= 0.6 is 0 Å². The summed E-state index contributed by atoms with van der Waals surface area (Å²) in [5, 5.41) is 9.95. The van der Waals surface area contributed by atoms with E-state index in [2.05, 4.69) is 65.4 Å². The van der Waals surface area contributed by atoms with E-state index in [4.69, 9.17) is 0 Å². The van der Waals surface area contributed by atoms with Crippen LogP contribution in [0.15, 0.2) is 79.6 Å². The van der Waals surface area contributed by atoms with Gasteiger partial charge >= 0.3 is 0 Å². The molecule has 0 aliphatic heterocycles. The third kappa shape index (κ3) is 3.30. The summed E-state index contributed by atoms with van der Waals surface area (Å²) in [6, 6.07) is 14.6. The van der Waals surface area contributed by atoms with Crippen molar-refractivity contribution in [1.29, 1.82) is 0 Å². The van der Waals surface area contributed by atoms with Crippen LogP contribution in [0, 0.1) is 0 Å². The number of fused-ring (bicyclic) bond motifs is 2. The van der Waals surface area contributed by atoms with Gasteiger partial charge in [0.05, 0.1) is 34.8 Å². The Hall–Kier alpha value is -4.52. The Balaban J connectivity index is 1.48. The van der Waals surface area contributed by atoms with Gasteiger partial charge in [-0.25, -0.2) is 0 Å². The predicted octanol–water partition coefficient (Wildman–Crippen LogP) is 5.30. The lowest BCUT2D eigenvalue weighted by atomic mass is 10.0. The number of rotatable bonds is 4. The molecule has 33 heavy (non-hydrogen) atoms. The quantitative estimate of drug-likeness (QED) is 0.396. The number of nitrogens with one attached hydrogen (secondary N) is 2. The van der Waals surface area contributed by atoms with E-state index in [1.165, 1.54) is 0 Å². The molecule has 0 fully saturated rings. The molecule has 7 heteroatoms. The lowest BCUT2D eigenvalue weighted by Crippen LogP contribution is -2.08. The first-order chi connectivity index (χ1) is 16.2. The van der Waals surface area contributed by atoms with Gasteiger partial charge in [0.1, 0.15) is 5.69 Å². The summed E-state index contributed by atoms with van der Waals surface area (Å²) in [6.45, 7) is 0. The van der Waals surface area contributed by atoms with Gasteiger partial charge in [0, 0.05) is 60.8 Å². The van der Waals surface area contributed by atoms with Crippen molar-refractivity contribution in [3.63, 3.8) is 0 Å². The fourth-order valence-corrected chi connectivity index (χ4v) is 4.17. The van der Waals surface area contributed by atoms with E-state index in [0.717, 1.165) is 61.1 Å². The average molecular weight is 432 g/mol. The molecule has 0 radical (unpaired) electrons. The number of nitrogens with zero attached hydrogens (tertiary/aromatic N) is 5. The van der Waals surface area contributed by atoms with E-state index >= 15 is 0 Å². The highest BCUT2D eigenvalue weighted by molar-refractivity contribution is 6.01. The van der Waals surface area contributed by atoms with Crippen LogP contribution in [0.25, 0.3) is 55.4 Å². The molecule has 0 aliphatic carbocycles. The van der Waals surface area contributed by atoms with Crippen molar-refractivity contribution in [2.24, 2.45) is 0 Å². The minimum Gasteiger partial charge on any atom is -0.376 e. The molecule has 1 aromatic carbocycles. The Bertz CT molecular complexity index is 1600. The van der Waals surface area contributed by atoms with Crippen molar-refractivity contribution < 1.29 is 0 Å². The zero-order valence-electron chi connectivity index (χ0n) is 18.2. The van der Waals surface area contributed by atoms with Gasteiger partial charge < -0.3 is 9.88 Å². The second kappa shape index (κ2) is 7.56. The summed E-state index contributed by atoms with van der Waals surface area (Å²) in [4.78, 5) is 18.5. The molecule has 160 valence electrons. The summed E-state index contributed by atoms with van der Waals surface area (Å²) in [7, 11) is 4.03. The molecular formula is C26H21N7. The normalized spacial score (nSPS) is 11.3. The number of aromatic amines is 2. The molecule has 0 atom stereocenters. The lowest BCUT2D eigenvalue weighted by Gasteiger charge is -2.13. The van der Waals surface area contributed by atoms with Gasteiger partial charge in [-0.1, -0.05) is 6.07 Å². The average Bonchev–Trinajstić information content (AvgIpc) is 3.48. The Morgan fingerprint density at radius 3 is 2.39 bits per heavy atom. The van der Waals surface area contributed by atoms with Gasteiger partial charge in [0.15, 0.2) is 0 Å². The van der Waals surface area contributed by atoms with E-state index in [0.29, 0.717) is 0 Å². The van der Waals surface area contributed by atoms with Crippen LogP contribution in [0.2, 0.25) is 0 Å². The SMILES string of the molecule is CN(C)c1cncc(-c2ccc3[nH]nc(-c4cc5c(-c6ccncc6)cncc5[nH]4)c3c2)c1. The third-order valence-corrected chi connectivity index (χ3v) is 5.93. The lowest BCUT2D eigenvalue weighted by molar-refractivity contribution is 1.11. The first kappa shape index (κ1) is 19.2. The number of aromatic nitrogens is 6. The standard InChI is InChI=1S/C26H21N7/c1-33(2)19-9-18(12-28-13-19)17-3-4-23-21(10-17)26(32-31-23)24-11-20-22(14-29-15-25(20)30-24)16-5-7-27-8-6-16/h3-15,30H,1-2H3,(H,31,32). The van der Waals surface area contributed by atoms with E-state index in [-0.39, 0.29) is 0 Å². The van der Waals surface area contributed by atoms with Crippen LogP contribution in [-0.4, -0.2) is 44.2 Å². The van der Waals surface area contributed by atoms with E-state index in [1.54, 1.807) is 12.4 Å². The van der Waals surface area contributed by atoms with Crippen molar-refractivity contribution in [3.05, 3.63) is 79.6 Å². The zero-order chi connectivity index (χ0) is 22.4. The molecule has 6 aromatic rings. The third-order valence-electron chi connectivity index (χ3n) is 5.93. The fraction of sp³-hybridized carbons (Fsp3) is 0.0769. The van der Waals surface area contributed by atoms with E-state index in [9.17, 15) is 0 Å². The molecule has 0 saturated heterocycles. The van der Waals surface area contributed by atoms with Crippen molar-refractivity contribution in [2.45, 2.75) is 0 Å². The Labute approximate surface area is 190 Å². The van der Waals surface area contributed by atoms with E-state index in [1.807, 2.05) is 51.0 Å². The van der Waals surface area contributed by atoms with Crippen LogP contribution in [0.3, 0.4) is 0 Å². The summed E-state index contributed by atoms with van der Waals surface area (Å²) in [6.07, 6.45) is 11.1. The maximum Gasteiger partial charge on any atom is 0.116 e. The number of hydrogen-bond donors (Lipinski definition) is 2. The maximum atomic E-state index is 4.63. The van der Waals surface area contributed by atoms with Crippen LogP contribution in [0.4, 0.5) is 5.69 Å². The topological polar surface area (TPSA) is 86.4 Å². The molecule has 0 bridgehead atoms. The molecule has 0 amide bonds. The molecule has 7 nitrogen and oxygen atoms in total. The van der Waals surface area contributed by atoms with Crippen molar-refractivity contribution >= 4 is 27.5 Å². The molecule has 6 rings (SSSR count). The molecule has 0 saturated carbocycles. The molecule has 0 spiro atoms. The summed E-state index contributed by atoms with van der Waals surface area (Å²) in [5.74, 6) is 0. The van der Waals surface area contributed by atoms with Gasteiger partial charge in [-0.3, -0.25) is 20.1 Å². The van der Waals surface area contributed by atoms with Crippen molar-refractivity contribution in [2.75, 3.05) is 19.0 Å². The Morgan fingerprint density at radius 2 is 1.55 bits per heavy atom. The second-order valence-corrected chi connectivity index (χ2v) is 8.23. The minimum atomic E-state index is 0.875. The summed E-state index contributed by atoms with van der Waals surface area (Å²) in [5.41, 5.74) is 9.13. The first-order valence-corrected chi connectivity index (χ1v) is 10.7.